The molecule has 7 nitrogen and oxygen atoms in total. The summed E-state index contributed by atoms with van der Waals surface area (Å²) in [6, 6.07) is 21.6. The topological polar surface area (TPSA) is 77.1 Å². The van der Waals surface area contributed by atoms with E-state index in [-0.39, 0.29) is 11.7 Å². The van der Waals surface area contributed by atoms with Crippen LogP contribution in [0.4, 0.5) is 0 Å². The van der Waals surface area contributed by atoms with Gasteiger partial charge in [0.1, 0.15) is 0 Å². The Labute approximate surface area is 192 Å². The number of amides is 1. The van der Waals surface area contributed by atoms with Crippen LogP contribution < -0.4 is 5.43 Å². The number of carbonyl (C=O) groups excluding carboxylic acids is 1. The van der Waals surface area contributed by atoms with Crippen LogP contribution in [-0.2, 0) is 11.8 Å². The lowest BCUT2D eigenvalue weighted by Gasteiger charge is -2.10. The van der Waals surface area contributed by atoms with E-state index >= 15 is 0 Å². The Hall–Kier alpha value is -3.17. The number of thioether (sulfide) groups is 1. The van der Waals surface area contributed by atoms with Gasteiger partial charge in [-0.2, -0.15) is 5.10 Å². The van der Waals surface area contributed by atoms with Gasteiger partial charge < -0.3 is 4.57 Å². The Morgan fingerprint density at radius 3 is 2.58 bits per heavy atom. The molecule has 1 amide bonds. The fourth-order valence-electron chi connectivity index (χ4n) is 2.90. The van der Waals surface area contributed by atoms with Gasteiger partial charge in [0.05, 0.1) is 17.7 Å². The number of aromatic nitrogens is 4. The molecule has 0 aliphatic heterocycles. The fourth-order valence-corrected chi connectivity index (χ4v) is 3.91. The predicted molar refractivity (Wildman–Crippen MR) is 126 cm³/mol. The fraction of sp³-hybridized carbons (Fsp3) is 0.0909. The number of nitrogens with one attached hydrogen (secondary N) is 1. The summed E-state index contributed by atoms with van der Waals surface area (Å²) in [5, 5.41) is 13.4. The number of hydrogen-bond acceptors (Lipinski definition) is 5. The van der Waals surface area contributed by atoms with E-state index in [1.165, 1.54) is 11.8 Å². The Bertz CT molecular complexity index is 1200. The standard InChI is InChI=1S/C22H19BrN6OS/c1-28-13-5-8-19(28)14-24-25-20(30)15-31-22-27-26-21(16-6-3-2-4-7-16)29(22)18-11-9-17(23)10-12-18/h2-14H,15H2,1H3,(H,25,30)/b24-14-. The van der Waals surface area contributed by atoms with Gasteiger partial charge in [0.15, 0.2) is 11.0 Å². The SMILES string of the molecule is Cn1cccc1/C=N\NC(=O)CSc1nnc(-c2ccccc2)n1-c1ccc(Br)cc1. The minimum absolute atomic E-state index is 0.161. The van der Waals surface area contributed by atoms with E-state index in [0.717, 1.165) is 21.4 Å². The molecule has 0 radical (unpaired) electrons. The summed E-state index contributed by atoms with van der Waals surface area (Å²) < 4.78 is 4.85. The van der Waals surface area contributed by atoms with Gasteiger partial charge in [-0.05, 0) is 36.4 Å². The van der Waals surface area contributed by atoms with E-state index in [4.69, 9.17) is 0 Å². The summed E-state index contributed by atoms with van der Waals surface area (Å²) in [7, 11) is 1.91. The second kappa shape index (κ2) is 9.76. The predicted octanol–water partition coefficient (Wildman–Crippen LogP) is 4.28. The Morgan fingerprint density at radius 1 is 1.10 bits per heavy atom. The van der Waals surface area contributed by atoms with E-state index < -0.39 is 0 Å². The number of hydrazone groups is 1. The molecular formula is C22H19BrN6OS. The van der Waals surface area contributed by atoms with Crippen molar-refractivity contribution in [1.29, 1.82) is 0 Å². The molecule has 0 bridgehead atoms. The molecule has 2 aromatic carbocycles. The van der Waals surface area contributed by atoms with E-state index in [1.54, 1.807) is 6.21 Å². The van der Waals surface area contributed by atoms with Crippen molar-refractivity contribution < 1.29 is 4.79 Å². The molecule has 0 saturated carbocycles. The van der Waals surface area contributed by atoms with Crippen molar-refractivity contribution in [1.82, 2.24) is 24.8 Å². The summed E-state index contributed by atoms with van der Waals surface area (Å²) in [6.07, 6.45) is 3.53. The van der Waals surface area contributed by atoms with Gasteiger partial charge in [-0.1, -0.05) is 58.0 Å². The zero-order chi connectivity index (χ0) is 21.6. The van der Waals surface area contributed by atoms with Crippen LogP contribution in [0.15, 0.2) is 87.7 Å². The maximum atomic E-state index is 12.3. The van der Waals surface area contributed by atoms with Crippen LogP contribution in [-0.4, -0.2) is 37.2 Å². The Morgan fingerprint density at radius 2 is 1.87 bits per heavy atom. The van der Waals surface area contributed by atoms with Crippen LogP contribution in [0.2, 0.25) is 0 Å². The van der Waals surface area contributed by atoms with Crippen molar-refractivity contribution >= 4 is 39.8 Å². The van der Waals surface area contributed by atoms with Gasteiger partial charge in [0, 0.05) is 29.0 Å². The van der Waals surface area contributed by atoms with Crippen molar-refractivity contribution in [3.8, 4) is 17.1 Å². The van der Waals surface area contributed by atoms with Crippen molar-refractivity contribution in [3.63, 3.8) is 0 Å². The second-order valence-electron chi connectivity index (χ2n) is 6.61. The molecule has 0 spiro atoms. The maximum absolute atomic E-state index is 12.3. The zero-order valence-corrected chi connectivity index (χ0v) is 19.0. The van der Waals surface area contributed by atoms with Crippen LogP contribution >= 0.6 is 27.7 Å². The highest BCUT2D eigenvalue weighted by atomic mass is 79.9. The van der Waals surface area contributed by atoms with Crippen molar-refractivity contribution in [2.45, 2.75) is 5.16 Å². The van der Waals surface area contributed by atoms with Gasteiger partial charge in [-0.3, -0.25) is 9.36 Å². The van der Waals surface area contributed by atoms with E-state index in [0.29, 0.717) is 11.0 Å². The van der Waals surface area contributed by atoms with Crippen LogP contribution in [0.3, 0.4) is 0 Å². The summed E-state index contributed by atoms with van der Waals surface area (Å²) in [4.78, 5) is 12.3. The molecule has 0 unspecified atom stereocenters. The quantitative estimate of drug-likeness (QED) is 0.236. The first-order valence-electron chi connectivity index (χ1n) is 9.44. The van der Waals surface area contributed by atoms with Gasteiger partial charge in [-0.15, -0.1) is 10.2 Å². The average Bonchev–Trinajstić information content (AvgIpc) is 3.40. The van der Waals surface area contributed by atoms with Crippen LogP contribution in [0.1, 0.15) is 5.69 Å². The number of rotatable bonds is 7. The number of benzene rings is 2. The number of nitrogens with zero attached hydrogens (tertiary/aromatic N) is 5. The van der Waals surface area contributed by atoms with Gasteiger partial charge in [0.2, 0.25) is 0 Å². The summed E-state index contributed by atoms with van der Waals surface area (Å²) in [6.45, 7) is 0. The first kappa shape index (κ1) is 21.1. The summed E-state index contributed by atoms with van der Waals surface area (Å²) >= 11 is 4.78. The molecule has 2 heterocycles. The van der Waals surface area contributed by atoms with E-state index in [9.17, 15) is 4.79 Å². The molecule has 0 fully saturated rings. The lowest BCUT2D eigenvalue weighted by atomic mass is 10.2. The first-order chi connectivity index (χ1) is 15.1. The van der Waals surface area contributed by atoms with Gasteiger partial charge in [-0.25, -0.2) is 5.43 Å². The molecule has 1 N–H and O–H groups in total. The number of carbonyl (C=O) groups is 1. The third-order valence-corrected chi connectivity index (χ3v) is 5.91. The average molecular weight is 495 g/mol. The molecular weight excluding hydrogens is 476 g/mol. The second-order valence-corrected chi connectivity index (χ2v) is 8.47. The monoisotopic (exact) mass is 494 g/mol. The number of aryl methyl sites for hydroxylation is 1. The van der Waals surface area contributed by atoms with Gasteiger partial charge in [0.25, 0.3) is 5.91 Å². The lowest BCUT2D eigenvalue weighted by Crippen LogP contribution is -2.20. The minimum atomic E-state index is -0.220. The smallest absolute Gasteiger partial charge is 0.250 e. The number of hydrogen-bond donors (Lipinski definition) is 1. The highest BCUT2D eigenvalue weighted by Gasteiger charge is 2.17. The third-order valence-electron chi connectivity index (χ3n) is 4.45. The molecule has 156 valence electrons. The maximum Gasteiger partial charge on any atom is 0.250 e. The number of halogens is 1. The molecule has 4 aromatic rings. The van der Waals surface area contributed by atoms with E-state index in [2.05, 4.69) is 36.7 Å². The van der Waals surface area contributed by atoms with Crippen LogP contribution in [0.5, 0.6) is 0 Å². The third kappa shape index (κ3) is 5.12. The molecule has 2 aromatic heterocycles. The molecule has 0 atom stereocenters. The molecule has 0 aliphatic rings. The van der Waals surface area contributed by atoms with Crippen molar-refractivity contribution in [3.05, 3.63) is 83.1 Å². The first-order valence-corrected chi connectivity index (χ1v) is 11.2. The van der Waals surface area contributed by atoms with Gasteiger partial charge >= 0.3 is 0 Å². The molecule has 4 rings (SSSR count). The summed E-state index contributed by atoms with van der Waals surface area (Å²) in [5.41, 5.74) is 5.31. The minimum Gasteiger partial charge on any atom is -0.350 e. The van der Waals surface area contributed by atoms with Crippen LogP contribution in [0, 0.1) is 0 Å². The largest absolute Gasteiger partial charge is 0.350 e. The normalized spacial score (nSPS) is 11.2. The van der Waals surface area contributed by atoms with Crippen LogP contribution in [0.25, 0.3) is 17.1 Å². The Balaban J connectivity index is 1.52. The lowest BCUT2D eigenvalue weighted by molar-refractivity contribution is -0.118. The van der Waals surface area contributed by atoms with Crippen molar-refractivity contribution in [2.24, 2.45) is 12.1 Å². The van der Waals surface area contributed by atoms with E-state index in [1.807, 2.05) is 89.1 Å². The molecule has 31 heavy (non-hydrogen) atoms. The Kier molecular flexibility index (Phi) is 6.63. The highest BCUT2D eigenvalue weighted by molar-refractivity contribution is 9.10. The summed E-state index contributed by atoms with van der Waals surface area (Å²) in [5.74, 6) is 0.656. The molecule has 0 saturated heterocycles. The highest BCUT2D eigenvalue weighted by Crippen LogP contribution is 2.28. The zero-order valence-electron chi connectivity index (χ0n) is 16.6. The molecule has 0 aliphatic carbocycles. The molecule has 9 heteroatoms. The van der Waals surface area contributed by atoms with Crippen molar-refractivity contribution in [2.75, 3.05) is 5.75 Å².